The van der Waals surface area contributed by atoms with Crippen molar-refractivity contribution in [1.82, 2.24) is 10.3 Å². The molecule has 96 valence electrons. The number of carbonyl (C=O) groups excluding carboxylic acids is 1. The zero-order valence-electron chi connectivity index (χ0n) is 9.76. The van der Waals surface area contributed by atoms with E-state index >= 15 is 0 Å². The Labute approximate surface area is 109 Å². The Balaban J connectivity index is 1.89. The maximum Gasteiger partial charge on any atom is 0.354 e. The zero-order valence-corrected chi connectivity index (χ0v) is 10.6. The van der Waals surface area contributed by atoms with Crippen LogP contribution in [0, 0.1) is 0 Å². The molecule has 0 saturated carbocycles. The molecule has 0 spiro atoms. The van der Waals surface area contributed by atoms with Crippen molar-refractivity contribution < 1.29 is 14.7 Å². The molecule has 1 aliphatic rings. The fourth-order valence-electron chi connectivity index (χ4n) is 1.77. The van der Waals surface area contributed by atoms with Crippen molar-refractivity contribution in [1.29, 1.82) is 0 Å². The van der Waals surface area contributed by atoms with Crippen LogP contribution in [0.1, 0.15) is 33.7 Å². The monoisotopic (exact) mass is 266 g/mol. The third kappa shape index (κ3) is 3.22. The second kappa shape index (κ2) is 5.86. The number of hydrogen-bond donors (Lipinski definition) is 2. The lowest BCUT2D eigenvalue weighted by atomic mass is 10.2. The number of carboxylic acid groups (broad SMARTS) is 1. The molecule has 0 radical (unpaired) electrons. The topological polar surface area (TPSA) is 79.3 Å². The predicted molar refractivity (Wildman–Crippen MR) is 69.0 cm³/mol. The fourth-order valence-corrected chi connectivity index (χ4v) is 2.97. The summed E-state index contributed by atoms with van der Waals surface area (Å²) >= 11 is 1.88. The number of thioether (sulfide) groups is 1. The highest BCUT2D eigenvalue weighted by atomic mass is 32.2. The number of nitrogens with one attached hydrogen (secondary N) is 1. The maximum absolute atomic E-state index is 11.8. The van der Waals surface area contributed by atoms with E-state index in [0.717, 1.165) is 12.2 Å². The molecule has 0 unspecified atom stereocenters. The molecule has 1 saturated heterocycles. The molecule has 1 aromatic heterocycles. The van der Waals surface area contributed by atoms with E-state index in [-0.39, 0.29) is 11.6 Å². The van der Waals surface area contributed by atoms with Gasteiger partial charge in [-0.1, -0.05) is 0 Å². The first-order valence-electron chi connectivity index (χ1n) is 5.76. The Morgan fingerprint density at radius 3 is 2.89 bits per heavy atom. The molecule has 0 aliphatic carbocycles. The van der Waals surface area contributed by atoms with E-state index in [1.807, 2.05) is 11.8 Å². The van der Waals surface area contributed by atoms with E-state index in [9.17, 15) is 9.59 Å². The van der Waals surface area contributed by atoms with Gasteiger partial charge in [-0.2, -0.15) is 11.8 Å². The molecule has 18 heavy (non-hydrogen) atoms. The summed E-state index contributed by atoms with van der Waals surface area (Å²) in [6.07, 6.45) is 3.64. The van der Waals surface area contributed by atoms with Crippen LogP contribution in [0.2, 0.25) is 0 Å². The highest BCUT2D eigenvalue weighted by molar-refractivity contribution is 8.00. The van der Waals surface area contributed by atoms with Crippen LogP contribution < -0.4 is 5.32 Å². The van der Waals surface area contributed by atoms with Gasteiger partial charge >= 0.3 is 5.97 Å². The number of aromatic carboxylic acids is 1. The van der Waals surface area contributed by atoms with Gasteiger partial charge in [-0.3, -0.25) is 4.79 Å². The van der Waals surface area contributed by atoms with Crippen LogP contribution in [0.5, 0.6) is 0 Å². The van der Waals surface area contributed by atoms with E-state index < -0.39 is 5.97 Å². The summed E-state index contributed by atoms with van der Waals surface area (Å²) in [4.78, 5) is 26.1. The normalized spacial score (nSPS) is 18.6. The molecule has 1 amide bonds. The van der Waals surface area contributed by atoms with Crippen molar-refractivity contribution in [3.05, 3.63) is 29.6 Å². The van der Waals surface area contributed by atoms with Gasteiger partial charge in [-0.15, -0.1) is 0 Å². The molecule has 2 N–H and O–H groups in total. The Morgan fingerprint density at radius 1 is 1.50 bits per heavy atom. The second-order valence-electron chi connectivity index (χ2n) is 4.08. The third-order valence-electron chi connectivity index (χ3n) is 2.76. The minimum atomic E-state index is -1.09. The number of carbonyl (C=O) groups is 2. The van der Waals surface area contributed by atoms with E-state index in [4.69, 9.17) is 5.11 Å². The highest BCUT2D eigenvalue weighted by Crippen LogP contribution is 2.25. The lowest BCUT2D eigenvalue weighted by Gasteiger charge is -2.09. The lowest BCUT2D eigenvalue weighted by molar-refractivity contribution is 0.0689. The quantitative estimate of drug-likeness (QED) is 0.861. The van der Waals surface area contributed by atoms with Crippen LogP contribution in [0.15, 0.2) is 18.3 Å². The standard InChI is InChI=1S/C12H14N2O3S/c15-11(14-7-9-2-1-5-18-9)8-3-4-10(12(16)17)13-6-8/h3-4,6,9H,1-2,5,7H2,(H,14,15)(H,16,17)/t9-/m0/s1. The van der Waals surface area contributed by atoms with Gasteiger partial charge in [0.25, 0.3) is 5.91 Å². The second-order valence-corrected chi connectivity index (χ2v) is 5.49. The first-order chi connectivity index (χ1) is 8.66. The number of nitrogens with zero attached hydrogens (tertiary/aromatic N) is 1. The lowest BCUT2D eigenvalue weighted by Crippen LogP contribution is -2.29. The number of pyridine rings is 1. The SMILES string of the molecule is O=C(NC[C@@H]1CCCS1)c1ccc(C(=O)O)nc1. The van der Waals surface area contributed by atoms with Gasteiger partial charge in [0, 0.05) is 18.0 Å². The van der Waals surface area contributed by atoms with E-state index in [1.165, 1.54) is 24.8 Å². The van der Waals surface area contributed by atoms with Gasteiger partial charge in [-0.05, 0) is 30.7 Å². The average molecular weight is 266 g/mol. The summed E-state index contributed by atoms with van der Waals surface area (Å²) in [6, 6.07) is 2.81. The summed E-state index contributed by atoms with van der Waals surface area (Å²) in [7, 11) is 0. The largest absolute Gasteiger partial charge is 0.477 e. The molecule has 1 atom stereocenters. The maximum atomic E-state index is 11.8. The van der Waals surface area contributed by atoms with Crippen molar-refractivity contribution in [2.75, 3.05) is 12.3 Å². The molecule has 2 heterocycles. The van der Waals surface area contributed by atoms with Crippen molar-refractivity contribution in [3.63, 3.8) is 0 Å². The van der Waals surface area contributed by atoms with Gasteiger partial charge in [0.2, 0.25) is 0 Å². The number of carboxylic acids is 1. The molecule has 1 aliphatic heterocycles. The summed E-state index contributed by atoms with van der Waals surface area (Å²) in [5.74, 6) is -0.133. The van der Waals surface area contributed by atoms with Crippen molar-refractivity contribution >= 4 is 23.6 Å². The predicted octanol–water partition coefficient (Wildman–Crippen LogP) is 1.41. The number of amides is 1. The first-order valence-corrected chi connectivity index (χ1v) is 6.81. The molecule has 2 rings (SSSR count). The van der Waals surface area contributed by atoms with Gasteiger partial charge in [-0.25, -0.2) is 9.78 Å². The Morgan fingerprint density at radius 2 is 2.33 bits per heavy atom. The minimum absolute atomic E-state index is 0.0575. The van der Waals surface area contributed by atoms with Crippen LogP contribution in [0.3, 0.4) is 0 Å². The highest BCUT2D eigenvalue weighted by Gasteiger charge is 2.17. The Bertz CT molecular complexity index is 441. The smallest absolute Gasteiger partial charge is 0.354 e. The van der Waals surface area contributed by atoms with Crippen LogP contribution in [-0.4, -0.2) is 39.5 Å². The van der Waals surface area contributed by atoms with Gasteiger partial charge in [0.05, 0.1) is 5.56 Å². The van der Waals surface area contributed by atoms with Crippen molar-refractivity contribution in [2.45, 2.75) is 18.1 Å². The van der Waals surface area contributed by atoms with Crippen LogP contribution >= 0.6 is 11.8 Å². The summed E-state index contributed by atoms with van der Waals surface area (Å²) in [5.41, 5.74) is 0.334. The first kappa shape index (κ1) is 12.9. The van der Waals surface area contributed by atoms with E-state index in [2.05, 4.69) is 10.3 Å². The Hall–Kier alpha value is -1.56. The minimum Gasteiger partial charge on any atom is -0.477 e. The summed E-state index contributed by atoms with van der Waals surface area (Å²) < 4.78 is 0. The fraction of sp³-hybridized carbons (Fsp3) is 0.417. The van der Waals surface area contributed by atoms with E-state index in [0.29, 0.717) is 17.4 Å². The van der Waals surface area contributed by atoms with E-state index in [1.54, 1.807) is 0 Å². The zero-order chi connectivity index (χ0) is 13.0. The third-order valence-corrected chi connectivity index (χ3v) is 4.16. The molecule has 1 aromatic rings. The number of rotatable bonds is 4. The van der Waals surface area contributed by atoms with Crippen LogP contribution in [0.4, 0.5) is 0 Å². The van der Waals surface area contributed by atoms with Gasteiger partial charge in [0.1, 0.15) is 5.69 Å². The molecule has 0 aromatic carbocycles. The molecule has 0 bridgehead atoms. The van der Waals surface area contributed by atoms with Crippen molar-refractivity contribution in [3.8, 4) is 0 Å². The number of aromatic nitrogens is 1. The molecular formula is C12H14N2O3S. The Kier molecular flexibility index (Phi) is 4.19. The molecular weight excluding hydrogens is 252 g/mol. The summed E-state index contributed by atoms with van der Waals surface area (Å²) in [5, 5.41) is 12.0. The van der Waals surface area contributed by atoms with Crippen LogP contribution in [0.25, 0.3) is 0 Å². The van der Waals surface area contributed by atoms with Gasteiger partial charge in [0.15, 0.2) is 0 Å². The molecule has 5 nitrogen and oxygen atoms in total. The molecule has 1 fully saturated rings. The molecule has 6 heteroatoms. The van der Waals surface area contributed by atoms with Crippen LogP contribution in [-0.2, 0) is 0 Å². The summed E-state index contributed by atoms with van der Waals surface area (Å²) in [6.45, 7) is 0.657. The number of hydrogen-bond acceptors (Lipinski definition) is 4. The average Bonchev–Trinajstić information content (AvgIpc) is 2.89. The van der Waals surface area contributed by atoms with Gasteiger partial charge < -0.3 is 10.4 Å². The van der Waals surface area contributed by atoms with Crippen molar-refractivity contribution in [2.24, 2.45) is 0 Å².